The molecule has 3 amide bonds. The summed E-state index contributed by atoms with van der Waals surface area (Å²) in [7, 11) is 1.60. The van der Waals surface area contributed by atoms with E-state index in [4.69, 9.17) is 0 Å². The van der Waals surface area contributed by atoms with Gasteiger partial charge in [0.1, 0.15) is 11.6 Å². The Morgan fingerprint density at radius 1 is 0.911 bits per heavy atom. The zero-order valence-corrected chi connectivity index (χ0v) is 25.9. The summed E-state index contributed by atoms with van der Waals surface area (Å²) in [6.07, 6.45) is 3.45. The Labute approximate surface area is 262 Å². The maximum absolute atomic E-state index is 14.2. The molecule has 1 aliphatic heterocycles. The Hall–Kier alpha value is -4.73. The number of fused-ring (bicyclic) bond motifs is 1. The number of aliphatic carboxylic acids is 1. The van der Waals surface area contributed by atoms with Crippen LogP contribution in [-0.2, 0) is 26.8 Å². The van der Waals surface area contributed by atoms with Crippen molar-refractivity contribution in [2.24, 2.45) is 13.0 Å². The summed E-state index contributed by atoms with van der Waals surface area (Å²) in [5.74, 6) is -2.72. The zero-order valence-electron chi connectivity index (χ0n) is 25.9. The molecule has 1 saturated heterocycles. The lowest BCUT2D eigenvalue weighted by Gasteiger charge is -2.43. The van der Waals surface area contributed by atoms with Crippen molar-refractivity contribution in [1.82, 2.24) is 20.1 Å². The highest BCUT2D eigenvalue weighted by Crippen LogP contribution is 2.48. The number of rotatable bonds is 8. The van der Waals surface area contributed by atoms with Crippen LogP contribution >= 0.6 is 0 Å². The highest BCUT2D eigenvalue weighted by Gasteiger charge is 2.49. The molecule has 2 aromatic carbocycles. The fraction of sp³-hybridized carbons (Fsp3) is 0.400. The molecule has 236 valence electrons. The van der Waals surface area contributed by atoms with Gasteiger partial charge in [-0.25, -0.2) is 4.79 Å². The summed E-state index contributed by atoms with van der Waals surface area (Å²) >= 11 is 0. The molecule has 10 heteroatoms. The van der Waals surface area contributed by atoms with Crippen LogP contribution in [0.4, 0.5) is 0 Å². The van der Waals surface area contributed by atoms with E-state index >= 15 is 0 Å². The Bertz CT molecular complexity index is 1640. The van der Waals surface area contributed by atoms with Gasteiger partial charge in [0.05, 0.1) is 11.3 Å². The second kappa shape index (κ2) is 13.1. The molecule has 0 radical (unpaired) electrons. The van der Waals surface area contributed by atoms with Crippen LogP contribution in [0.2, 0.25) is 0 Å². The third kappa shape index (κ3) is 6.14. The molecule has 10 nitrogen and oxygen atoms in total. The minimum absolute atomic E-state index is 0.0307. The van der Waals surface area contributed by atoms with E-state index in [0.717, 1.165) is 11.1 Å². The number of carbonyl (C=O) groups excluding carboxylic acids is 3. The molecule has 3 N–H and O–H groups in total. The van der Waals surface area contributed by atoms with Crippen molar-refractivity contribution < 1.29 is 24.3 Å². The highest BCUT2D eigenvalue weighted by atomic mass is 16.4. The van der Waals surface area contributed by atoms with Gasteiger partial charge in [-0.2, -0.15) is 0 Å². The first-order valence-corrected chi connectivity index (χ1v) is 15.5. The number of pyridine rings is 1. The number of carboxylic acids is 1. The highest BCUT2D eigenvalue weighted by molar-refractivity contribution is 5.97. The Morgan fingerprint density at radius 2 is 1.58 bits per heavy atom. The molecule has 1 fully saturated rings. The summed E-state index contributed by atoms with van der Waals surface area (Å²) in [4.78, 5) is 67.3. The monoisotopic (exact) mass is 612 g/mol. The van der Waals surface area contributed by atoms with E-state index in [9.17, 15) is 29.1 Å². The van der Waals surface area contributed by atoms with E-state index in [0.29, 0.717) is 44.3 Å². The molecule has 1 aliphatic carbocycles. The molecule has 2 aliphatic rings. The molecular weight excluding hydrogens is 572 g/mol. The van der Waals surface area contributed by atoms with Gasteiger partial charge in [-0.1, -0.05) is 68.4 Å². The number of hydrogen-bond donors (Lipinski definition) is 3. The molecule has 0 saturated carbocycles. The number of nitrogens with one attached hydrogen (secondary N) is 2. The summed E-state index contributed by atoms with van der Waals surface area (Å²) in [5.41, 5.74) is 0.784. The van der Waals surface area contributed by atoms with Crippen molar-refractivity contribution >= 4 is 23.7 Å². The van der Waals surface area contributed by atoms with E-state index in [-0.39, 0.29) is 29.0 Å². The van der Waals surface area contributed by atoms with E-state index < -0.39 is 35.2 Å². The number of carbonyl (C=O) groups is 4. The van der Waals surface area contributed by atoms with Crippen molar-refractivity contribution in [3.8, 4) is 0 Å². The molecular formula is C35H40N4O6. The number of piperidine rings is 1. The number of aromatic nitrogens is 1. The Morgan fingerprint density at radius 3 is 2.24 bits per heavy atom. The predicted octanol–water partition coefficient (Wildman–Crippen LogP) is 3.20. The van der Waals surface area contributed by atoms with Gasteiger partial charge in [0.25, 0.3) is 11.5 Å². The minimum Gasteiger partial charge on any atom is -0.480 e. The van der Waals surface area contributed by atoms with Crippen molar-refractivity contribution in [2.45, 2.75) is 62.9 Å². The van der Waals surface area contributed by atoms with Gasteiger partial charge in [0, 0.05) is 32.4 Å². The van der Waals surface area contributed by atoms with Gasteiger partial charge in [0.2, 0.25) is 11.8 Å². The third-order valence-electron chi connectivity index (χ3n) is 9.29. The third-order valence-corrected chi connectivity index (χ3v) is 9.29. The van der Waals surface area contributed by atoms with Gasteiger partial charge in [-0.05, 0) is 60.4 Å². The van der Waals surface area contributed by atoms with Gasteiger partial charge in [-0.15, -0.1) is 0 Å². The van der Waals surface area contributed by atoms with Crippen LogP contribution in [0, 0.1) is 5.92 Å². The summed E-state index contributed by atoms with van der Waals surface area (Å²) in [6, 6.07) is 18.8. The quantitative estimate of drug-likeness (QED) is 0.357. The van der Waals surface area contributed by atoms with E-state index in [2.05, 4.69) is 10.6 Å². The van der Waals surface area contributed by atoms with E-state index in [1.165, 1.54) is 10.6 Å². The SMILES string of the molecule is CC(C)[C@H](NC(=O)[C@@]1(c2ccccc2)CC[C@H](C(=O)N2CCC(NC(=O)c3cccn(C)c3=O)CC2)c2ccccc21)C(=O)O. The first-order valence-electron chi connectivity index (χ1n) is 15.5. The molecule has 0 unspecified atom stereocenters. The summed E-state index contributed by atoms with van der Waals surface area (Å²) < 4.78 is 1.36. The first kappa shape index (κ1) is 31.7. The first-order chi connectivity index (χ1) is 21.5. The van der Waals surface area contributed by atoms with Crippen LogP contribution in [-0.4, -0.2) is 63.4 Å². The lowest BCUT2D eigenvalue weighted by Crippen LogP contribution is -2.55. The fourth-order valence-corrected chi connectivity index (χ4v) is 6.76. The lowest BCUT2D eigenvalue weighted by molar-refractivity contribution is -0.144. The summed E-state index contributed by atoms with van der Waals surface area (Å²) in [6.45, 7) is 4.42. The standard InChI is InChI=1S/C35H40N4O6/c1-22(2)29(33(43)44)37-34(45)35(23-10-5-4-6-11-23)18-15-26(25-12-7-8-14-28(25)35)32(42)39-20-16-24(17-21-39)36-30(40)27-13-9-19-38(3)31(27)41/h4-14,19,22,24,26,29H,15-18,20-21H2,1-3H3,(H,36,40)(H,37,45)(H,43,44)/t26-,29-,35+/m0/s1. The number of likely N-dealkylation sites (tertiary alicyclic amines) is 1. The topological polar surface area (TPSA) is 138 Å². The normalized spacial score (nSPS) is 20.6. The van der Waals surface area contributed by atoms with Crippen LogP contribution in [0.3, 0.4) is 0 Å². The van der Waals surface area contributed by atoms with Crippen molar-refractivity contribution in [1.29, 1.82) is 0 Å². The lowest BCUT2D eigenvalue weighted by atomic mass is 9.62. The van der Waals surface area contributed by atoms with Crippen LogP contribution in [0.25, 0.3) is 0 Å². The number of aryl methyl sites for hydroxylation is 1. The minimum atomic E-state index is -1.16. The van der Waals surface area contributed by atoms with Crippen molar-refractivity contribution in [3.63, 3.8) is 0 Å². The van der Waals surface area contributed by atoms with Gasteiger partial charge in [0.15, 0.2) is 0 Å². The van der Waals surface area contributed by atoms with E-state index in [1.54, 1.807) is 33.2 Å². The molecule has 0 bridgehead atoms. The number of carboxylic acid groups (broad SMARTS) is 1. The van der Waals surface area contributed by atoms with Crippen LogP contribution in [0.1, 0.15) is 72.5 Å². The fourth-order valence-electron chi connectivity index (χ4n) is 6.76. The predicted molar refractivity (Wildman–Crippen MR) is 169 cm³/mol. The molecule has 3 atom stereocenters. The number of hydrogen-bond acceptors (Lipinski definition) is 5. The van der Waals surface area contributed by atoms with Crippen molar-refractivity contribution in [3.05, 3.63) is 106 Å². The maximum atomic E-state index is 14.2. The Kier molecular flexibility index (Phi) is 9.22. The molecule has 45 heavy (non-hydrogen) atoms. The molecule has 2 heterocycles. The second-order valence-corrected chi connectivity index (χ2v) is 12.4. The average Bonchev–Trinajstić information content (AvgIpc) is 3.04. The average molecular weight is 613 g/mol. The second-order valence-electron chi connectivity index (χ2n) is 12.4. The van der Waals surface area contributed by atoms with Gasteiger partial charge in [-0.3, -0.25) is 19.2 Å². The maximum Gasteiger partial charge on any atom is 0.326 e. The molecule has 3 aromatic rings. The Balaban J connectivity index is 1.37. The summed E-state index contributed by atoms with van der Waals surface area (Å²) in [5, 5.41) is 15.6. The molecule has 0 spiro atoms. The van der Waals surface area contributed by atoms with Crippen LogP contribution in [0.5, 0.6) is 0 Å². The molecule has 5 rings (SSSR count). The van der Waals surface area contributed by atoms with E-state index in [1.807, 2.05) is 59.5 Å². The number of amides is 3. The van der Waals surface area contributed by atoms with Crippen LogP contribution < -0.4 is 16.2 Å². The molecule has 1 aromatic heterocycles. The van der Waals surface area contributed by atoms with Gasteiger partial charge < -0.3 is 25.2 Å². The smallest absolute Gasteiger partial charge is 0.326 e. The van der Waals surface area contributed by atoms with Crippen LogP contribution in [0.15, 0.2) is 77.7 Å². The number of benzene rings is 2. The zero-order chi connectivity index (χ0) is 32.3. The largest absolute Gasteiger partial charge is 0.480 e. The van der Waals surface area contributed by atoms with Crippen molar-refractivity contribution in [2.75, 3.05) is 13.1 Å². The van der Waals surface area contributed by atoms with Gasteiger partial charge >= 0.3 is 5.97 Å². The number of nitrogens with zero attached hydrogens (tertiary/aromatic N) is 2.